The summed E-state index contributed by atoms with van der Waals surface area (Å²) in [5, 5.41) is 7.54. The number of anilines is 1. The molecule has 2 unspecified atom stereocenters. The summed E-state index contributed by atoms with van der Waals surface area (Å²) in [5.41, 5.74) is 0.958. The first-order valence-corrected chi connectivity index (χ1v) is 9.04. The quantitative estimate of drug-likeness (QED) is 0.921. The van der Waals surface area contributed by atoms with E-state index in [1.54, 1.807) is 4.68 Å². The minimum absolute atomic E-state index is 0.0275. The summed E-state index contributed by atoms with van der Waals surface area (Å²) >= 11 is 0. The molecule has 1 N–H and O–H groups in total. The van der Waals surface area contributed by atoms with Crippen molar-refractivity contribution < 1.29 is 9.53 Å². The number of amides is 1. The van der Waals surface area contributed by atoms with Gasteiger partial charge in [-0.3, -0.25) is 14.4 Å². The summed E-state index contributed by atoms with van der Waals surface area (Å²) in [6.45, 7) is 8.37. The molecule has 6 nitrogen and oxygen atoms in total. The number of nitrogens with one attached hydrogen (secondary N) is 1. The lowest BCUT2D eigenvalue weighted by Crippen LogP contribution is -2.54. The SMILES string of the molecule is Cn1nc(C(C)(C)C)cc1NC(=O)CN1CCOC2CCCCC21. The molecule has 2 fully saturated rings. The predicted octanol–water partition coefficient (Wildman–Crippen LogP) is 2.30. The van der Waals surface area contributed by atoms with E-state index in [9.17, 15) is 4.79 Å². The molecule has 1 amide bonds. The second-order valence-corrected chi connectivity index (χ2v) is 8.07. The van der Waals surface area contributed by atoms with Gasteiger partial charge in [-0.1, -0.05) is 33.6 Å². The first-order valence-electron chi connectivity index (χ1n) is 9.04. The van der Waals surface area contributed by atoms with Gasteiger partial charge in [-0.25, -0.2) is 0 Å². The Morgan fingerprint density at radius 2 is 2.12 bits per heavy atom. The maximum Gasteiger partial charge on any atom is 0.239 e. The Hall–Kier alpha value is -1.40. The number of aromatic nitrogens is 2. The average molecular weight is 334 g/mol. The number of morpholine rings is 1. The van der Waals surface area contributed by atoms with Gasteiger partial charge < -0.3 is 10.1 Å². The third kappa shape index (κ3) is 3.81. The summed E-state index contributed by atoms with van der Waals surface area (Å²) in [5.74, 6) is 0.795. The van der Waals surface area contributed by atoms with Crippen LogP contribution < -0.4 is 5.32 Å². The Labute approximate surface area is 144 Å². The van der Waals surface area contributed by atoms with Crippen LogP contribution in [-0.2, 0) is 22.0 Å². The van der Waals surface area contributed by atoms with Gasteiger partial charge in [0.05, 0.1) is 24.9 Å². The third-order valence-corrected chi connectivity index (χ3v) is 5.11. The molecule has 2 atom stereocenters. The Balaban J connectivity index is 1.62. The molecule has 0 radical (unpaired) electrons. The van der Waals surface area contributed by atoms with Crippen molar-refractivity contribution in [3.05, 3.63) is 11.8 Å². The first kappa shape index (κ1) is 17.4. The van der Waals surface area contributed by atoms with Crippen LogP contribution in [0, 0.1) is 0 Å². The van der Waals surface area contributed by atoms with Gasteiger partial charge in [-0.2, -0.15) is 5.10 Å². The molecule has 1 aromatic heterocycles. The molecule has 6 heteroatoms. The molecule has 2 heterocycles. The number of fused-ring (bicyclic) bond motifs is 1. The van der Waals surface area contributed by atoms with E-state index < -0.39 is 0 Å². The second kappa shape index (κ2) is 6.84. The van der Waals surface area contributed by atoms with Crippen LogP contribution in [0.5, 0.6) is 0 Å². The van der Waals surface area contributed by atoms with Crippen molar-refractivity contribution in [3.8, 4) is 0 Å². The van der Waals surface area contributed by atoms with Crippen molar-refractivity contribution in [3.63, 3.8) is 0 Å². The first-order chi connectivity index (χ1) is 11.3. The molecule has 1 aromatic rings. The van der Waals surface area contributed by atoms with Crippen molar-refractivity contribution in [1.82, 2.24) is 14.7 Å². The van der Waals surface area contributed by atoms with Crippen molar-refractivity contribution in [1.29, 1.82) is 0 Å². The van der Waals surface area contributed by atoms with Crippen LogP contribution in [0.1, 0.15) is 52.1 Å². The van der Waals surface area contributed by atoms with E-state index in [0.717, 1.165) is 37.5 Å². The Morgan fingerprint density at radius 1 is 1.38 bits per heavy atom. The molecule has 1 saturated carbocycles. The Kier molecular flexibility index (Phi) is 4.97. The highest BCUT2D eigenvalue weighted by molar-refractivity contribution is 5.91. The van der Waals surface area contributed by atoms with Crippen molar-refractivity contribution >= 4 is 11.7 Å². The summed E-state index contributed by atoms with van der Waals surface area (Å²) in [6.07, 6.45) is 5.05. The van der Waals surface area contributed by atoms with Crippen LogP contribution in [0.2, 0.25) is 0 Å². The highest BCUT2D eigenvalue weighted by Gasteiger charge is 2.35. The maximum atomic E-state index is 12.5. The molecule has 134 valence electrons. The predicted molar refractivity (Wildman–Crippen MR) is 94.1 cm³/mol. The molecule has 1 aliphatic heterocycles. The molecular weight excluding hydrogens is 304 g/mol. The van der Waals surface area contributed by atoms with Crippen LogP contribution in [-0.4, -0.2) is 52.4 Å². The lowest BCUT2D eigenvalue weighted by Gasteiger charge is -2.43. The Morgan fingerprint density at radius 3 is 2.83 bits per heavy atom. The molecule has 24 heavy (non-hydrogen) atoms. The molecule has 0 aromatic carbocycles. The normalized spacial score (nSPS) is 25.3. The number of carbonyl (C=O) groups is 1. The third-order valence-electron chi connectivity index (χ3n) is 5.11. The zero-order valence-electron chi connectivity index (χ0n) is 15.3. The van der Waals surface area contributed by atoms with E-state index in [1.807, 2.05) is 13.1 Å². The number of carbonyl (C=O) groups excluding carboxylic acids is 1. The summed E-state index contributed by atoms with van der Waals surface area (Å²) < 4.78 is 7.64. The van der Waals surface area contributed by atoms with Gasteiger partial charge >= 0.3 is 0 Å². The molecule has 2 aliphatic rings. The summed E-state index contributed by atoms with van der Waals surface area (Å²) in [6, 6.07) is 2.37. The Bertz CT molecular complexity index is 588. The van der Waals surface area contributed by atoms with Gasteiger partial charge in [-0.15, -0.1) is 0 Å². The lowest BCUT2D eigenvalue weighted by atomic mass is 9.90. The standard InChI is InChI=1S/C18H30N4O2/c1-18(2,3)15-11-16(21(4)20-15)19-17(23)12-22-9-10-24-14-8-6-5-7-13(14)22/h11,13-14H,5-10,12H2,1-4H3,(H,19,23). The van der Waals surface area contributed by atoms with Crippen LogP contribution in [0.4, 0.5) is 5.82 Å². The fraction of sp³-hybridized carbons (Fsp3) is 0.778. The largest absolute Gasteiger partial charge is 0.375 e. The zero-order chi connectivity index (χ0) is 17.3. The molecule has 0 bridgehead atoms. The van der Waals surface area contributed by atoms with E-state index in [4.69, 9.17) is 4.74 Å². The number of hydrogen-bond acceptors (Lipinski definition) is 4. The summed E-state index contributed by atoms with van der Waals surface area (Å²) in [4.78, 5) is 14.8. The second-order valence-electron chi connectivity index (χ2n) is 8.07. The van der Waals surface area contributed by atoms with Crippen molar-refractivity contribution in [2.75, 3.05) is 25.0 Å². The molecular formula is C18H30N4O2. The van der Waals surface area contributed by atoms with E-state index in [1.165, 1.54) is 12.8 Å². The molecule has 0 spiro atoms. The average Bonchev–Trinajstić information content (AvgIpc) is 2.89. The monoisotopic (exact) mass is 334 g/mol. The highest BCUT2D eigenvalue weighted by Crippen LogP contribution is 2.28. The van der Waals surface area contributed by atoms with Gasteiger partial charge in [0.15, 0.2) is 0 Å². The fourth-order valence-corrected chi connectivity index (χ4v) is 3.69. The zero-order valence-corrected chi connectivity index (χ0v) is 15.3. The fourth-order valence-electron chi connectivity index (χ4n) is 3.69. The summed E-state index contributed by atoms with van der Waals surface area (Å²) in [7, 11) is 1.87. The van der Waals surface area contributed by atoms with Crippen molar-refractivity contribution in [2.24, 2.45) is 7.05 Å². The van der Waals surface area contributed by atoms with Gasteiger partial charge in [0, 0.05) is 31.1 Å². The van der Waals surface area contributed by atoms with E-state index >= 15 is 0 Å². The number of aryl methyl sites for hydroxylation is 1. The number of ether oxygens (including phenoxy) is 1. The van der Waals surface area contributed by atoms with Crippen LogP contribution in [0.15, 0.2) is 6.07 Å². The van der Waals surface area contributed by atoms with Gasteiger partial charge in [0.25, 0.3) is 0 Å². The van der Waals surface area contributed by atoms with Crippen molar-refractivity contribution in [2.45, 2.75) is 64.0 Å². The highest BCUT2D eigenvalue weighted by atomic mass is 16.5. The lowest BCUT2D eigenvalue weighted by molar-refractivity contribution is -0.124. The van der Waals surface area contributed by atoms with Crippen LogP contribution in [0.3, 0.4) is 0 Å². The number of nitrogens with zero attached hydrogens (tertiary/aromatic N) is 3. The van der Waals surface area contributed by atoms with E-state index in [0.29, 0.717) is 18.7 Å². The van der Waals surface area contributed by atoms with Crippen LogP contribution in [0.25, 0.3) is 0 Å². The van der Waals surface area contributed by atoms with Gasteiger partial charge in [-0.05, 0) is 12.8 Å². The van der Waals surface area contributed by atoms with E-state index in [-0.39, 0.29) is 11.3 Å². The van der Waals surface area contributed by atoms with Crippen LogP contribution >= 0.6 is 0 Å². The number of hydrogen-bond donors (Lipinski definition) is 1. The van der Waals surface area contributed by atoms with Gasteiger partial charge in [0.2, 0.25) is 5.91 Å². The molecule has 3 rings (SSSR count). The van der Waals surface area contributed by atoms with E-state index in [2.05, 4.69) is 36.1 Å². The number of rotatable bonds is 3. The minimum atomic E-state index is -0.0275. The topological polar surface area (TPSA) is 59.4 Å². The maximum absolute atomic E-state index is 12.5. The minimum Gasteiger partial charge on any atom is -0.375 e. The smallest absolute Gasteiger partial charge is 0.239 e. The van der Waals surface area contributed by atoms with Gasteiger partial charge in [0.1, 0.15) is 5.82 Å². The molecule has 1 aliphatic carbocycles. The molecule has 1 saturated heterocycles.